The number of nitrogens with one attached hydrogen (secondary N) is 2. The molecule has 2 aliphatic carbocycles. The maximum absolute atomic E-state index is 4.76. The molecule has 1 spiro atoms. The van der Waals surface area contributed by atoms with Crippen LogP contribution in [0, 0.1) is 5.41 Å². The van der Waals surface area contributed by atoms with Crippen LogP contribution in [0.25, 0.3) is 0 Å². The first-order valence-corrected chi connectivity index (χ1v) is 7.47. The number of fused-ring (bicyclic) bond motifs is 1. The van der Waals surface area contributed by atoms with E-state index in [1.165, 1.54) is 56.3 Å². The summed E-state index contributed by atoms with van der Waals surface area (Å²) in [6, 6.07) is 0.522. The molecule has 1 heterocycles. The summed E-state index contributed by atoms with van der Waals surface area (Å²) in [6.07, 6.45) is 9.54. The quantitative estimate of drug-likeness (QED) is 0.862. The Morgan fingerprint density at radius 2 is 2.06 bits per heavy atom. The van der Waals surface area contributed by atoms with E-state index in [1.807, 2.05) is 0 Å². The van der Waals surface area contributed by atoms with E-state index in [1.54, 1.807) is 0 Å². The first kappa shape index (κ1) is 12.2. The van der Waals surface area contributed by atoms with E-state index in [-0.39, 0.29) is 0 Å². The largest absolute Gasteiger partial charge is 0.345 e. The summed E-state index contributed by atoms with van der Waals surface area (Å²) in [4.78, 5) is 8.33. The molecule has 18 heavy (non-hydrogen) atoms. The molecule has 0 radical (unpaired) electrons. The summed E-state index contributed by atoms with van der Waals surface area (Å²) < 4.78 is 0. The Bertz CT molecular complexity index is 413. The highest BCUT2D eigenvalue weighted by molar-refractivity contribution is 5.21. The molecule has 2 N–H and O–H groups in total. The first-order valence-electron chi connectivity index (χ1n) is 7.47. The second-order valence-electron chi connectivity index (χ2n) is 6.53. The van der Waals surface area contributed by atoms with Gasteiger partial charge in [0.05, 0.1) is 12.2 Å². The summed E-state index contributed by atoms with van der Waals surface area (Å²) in [6.45, 7) is 5.23. The van der Waals surface area contributed by atoms with Gasteiger partial charge in [0.1, 0.15) is 5.82 Å². The van der Waals surface area contributed by atoms with Gasteiger partial charge in [0.25, 0.3) is 0 Å². The van der Waals surface area contributed by atoms with Gasteiger partial charge >= 0.3 is 0 Å². The van der Waals surface area contributed by atoms with Gasteiger partial charge in [0.2, 0.25) is 0 Å². The molecule has 0 saturated heterocycles. The summed E-state index contributed by atoms with van der Waals surface area (Å²) in [7, 11) is 0. The lowest BCUT2D eigenvalue weighted by atomic mass is 9.73. The van der Waals surface area contributed by atoms with Crippen LogP contribution in [0.3, 0.4) is 0 Å². The zero-order valence-corrected chi connectivity index (χ0v) is 11.7. The Kier molecular flexibility index (Phi) is 3.18. The van der Waals surface area contributed by atoms with Crippen molar-refractivity contribution in [3.05, 3.63) is 17.2 Å². The average molecular weight is 247 g/mol. The summed E-state index contributed by atoms with van der Waals surface area (Å²) in [5.74, 6) is 1.13. The summed E-state index contributed by atoms with van der Waals surface area (Å²) >= 11 is 0. The van der Waals surface area contributed by atoms with E-state index in [0.717, 1.165) is 12.4 Å². The van der Waals surface area contributed by atoms with Crippen LogP contribution in [0.2, 0.25) is 0 Å². The number of rotatable bonds is 3. The number of aryl methyl sites for hydroxylation is 1. The van der Waals surface area contributed by atoms with E-state index in [2.05, 4.69) is 24.1 Å². The molecule has 0 atom stereocenters. The molecule has 0 bridgehead atoms. The Hall–Kier alpha value is -0.830. The molecule has 0 unspecified atom stereocenters. The Morgan fingerprint density at radius 1 is 1.28 bits per heavy atom. The lowest BCUT2D eigenvalue weighted by molar-refractivity contribution is 0.251. The number of nitrogens with zero attached hydrogens (tertiary/aromatic N) is 1. The maximum atomic E-state index is 4.76. The van der Waals surface area contributed by atoms with Crippen LogP contribution in [-0.4, -0.2) is 16.0 Å². The molecule has 0 aliphatic heterocycles. The number of H-pyrrole nitrogens is 1. The van der Waals surface area contributed by atoms with Gasteiger partial charge in [-0.3, -0.25) is 0 Å². The molecule has 2 aliphatic rings. The highest BCUT2D eigenvalue weighted by atomic mass is 15.0. The van der Waals surface area contributed by atoms with Gasteiger partial charge in [0.15, 0.2) is 0 Å². The van der Waals surface area contributed by atoms with Crippen molar-refractivity contribution in [2.24, 2.45) is 5.41 Å². The second kappa shape index (κ2) is 4.69. The van der Waals surface area contributed by atoms with Crippen LogP contribution in [0.1, 0.15) is 63.2 Å². The standard InChI is InChI=1S/C15H25N3/c1-11(2)16-10-14-17-12-5-8-15(6-3-4-7-15)9-13(12)18-14/h11,16H,3-10H2,1-2H3,(H,17,18). The highest BCUT2D eigenvalue weighted by Crippen LogP contribution is 2.47. The van der Waals surface area contributed by atoms with Crippen LogP contribution >= 0.6 is 0 Å². The number of imidazole rings is 1. The van der Waals surface area contributed by atoms with Crippen molar-refractivity contribution < 1.29 is 0 Å². The van der Waals surface area contributed by atoms with Crippen molar-refractivity contribution in [2.75, 3.05) is 0 Å². The van der Waals surface area contributed by atoms with E-state index in [4.69, 9.17) is 4.98 Å². The zero-order valence-electron chi connectivity index (χ0n) is 11.7. The van der Waals surface area contributed by atoms with Crippen molar-refractivity contribution in [1.29, 1.82) is 0 Å². The van der Waals surface area contributed by atoms with Gasteiger partial charge in [-0.05, 0) is 37.5 Å². The van der Waals surface area contributed by atoms with Gasteiger partial charge in [0, 0.05) is 11.7 Å². The molecular formula is C15H25N3. The monoisotopic (exact) mass is 247 g/mol. The van der Waals surface area contributed by atoms with Crippen LogP contribution < -0.4 is 5.32 Å². The van der Waals surface area contributed by atoms with Crippen LogP contribution in [0.4, 0.5) is 0 Å². The minimum atomic E-state index is 0.522. The predicted octanol–water partition coefficient (Wildman–Crippen LogP) is 2.96. The van der Waals surface area contributed by atoms with Gasteiger partial charge in [-0.15, -0.1) is 0 Å². The topological polar surface area (TPSA) is 40.7 Å². The van der Waals surface area contributed by atoms with E-state index >= 15 is 0 Å². The third-order valence-electron chi connectivity index (χ3n) is 4.70. The lowest BCUT2D eigenvalue weighted by Crippen LogP contribution is -2.25. The fraction of sp³-hybridized carbons (Fsp3) is 0.800. The third kappa shape index (κ3) is 2.33. The average Bonchev–Trinajstić information content (AvgIpc) is 2.93. The molecule has 1 saturated carbocycles. The van der Waals surface area contributed by atoms with Crippen LogP contribution in [0.5, 0.6) is 0 Å². The van der Waals surface area contributed by atoms with Gasteiger partial charge < -0.3 is 10.3 Å². The van der Waals surface area contributed by atoms with E-state index in [0.29, 0.717) is 11.5 Å². The molecule has 1 aromatic rings. The second-order valence-corrected chi connectivity index (χ2v) is 6.53. The van der Waals surface area contributed by atoms with Crippen LogP contribution in [-0.2, 0) is 19.4 Å². The maximum Gasteiger partial charge on any atom is 0.120 e. The molecule has 3 nitrogen and oxygen atoms in total. The fourth-order valence-corrected chi connectivity index (χ4v) is 3.64. The Morgan fingerprint density at radius 3 is 2.78 bits per heavy atom. The predicted molar refractivity (Wildman–Crippen MR) is 73.5 cm³/mol. The van der Waals surface area contributed by atoms with Crippen molar-refractivity contribution in [2.45, 2.75) is 71.4 Å². The van der Waals surface area contributed by atoms with Gasteiger partial charge in [-0.2, -0.15) is 0 Å². The van der Waals surface area contributed by atoms with Crippen molar-refractivity contribution in [1.82, 2.24) is 15.3 Å². The van der Waals surface area contributed by atoms with E-state index in [9.17, 15) is 0 Å². The molecule has 0 amide bonds. The molecule has 3 heteroatoms. The molecule has 1 fully saturated rings. The summed E-state index contributed by atoms with van der Waals surface area (Å²) in [5, 5.41) is 3.44. The van der Waals surface area contributed by atoms with Crippen LogP contribution in [0.15, 0.2) is 0 Å². The molecular weight excluding hydrogens is 222 g/mol. The zero-order chi connectivity index (χ0) is 12.6. The van der Waals surface area contributed by atoms with Gasteiger partial charge in [-0.1, -0.05) is 26.7 Å². The van der Waals surface area contributed by atoms with Crippen molar-refractivity contribution in [3.63, 3.8) is 0 Å². The van der Waals surface area contributed by atoms with Crippen molar-refractivity contribution in [3.8, 4) is 0 Å². The highest BCUT2D eigenvalue weighted by Gasteiger charge is 2.38. The third-order valence-corrected chi connectivity index (χ3v) is 4.70. The SMILES string of the molecule is CC(C)NCc1nc2c([nH]1)CC1(CCCC1)CC2. The minimum Gasteiger partial charge on any atom is -0.345 e. The molecule has 3 rings (SSSR count). The van der Waals surface area contributed by atoms with Crippen molar-refractivity contribution >= 4 is 0 Å². The summed E-state index contributed by atoms with van der Waals surface area (Å²) in [5.41, 5.74) is 3.40. The Balaban J connectivity index is 1.71. The number of hydrogen-bond donors (Lipinski definition) is 2. The molecule has 100 valence electrons. The lowest BCUT2D eigenvalue weighted by Gasteiger charge is -2.32. The normalized spacial score (nSPS) is 21.7. The minimum absolute atomic E-state index is 0.522. The molecule has 0 aromatic carbocycles. The number of aromatic amines is 1. The van der Waals surface area contributed by atoms with Gasteiger partial charge in [-0.25, -0.2) is 4.98 Å². The number of hydrogen-bond acceptors (Lipinski definition) is 2. The first-order chi connectivity index (χ1) is 8.67. The molecule has 1 aromatic heterocycles. The fourth-order valence-electron chi connectivity index (χ4n) is 3.64. The Labute approximate surface area is 110 Å². The number of aromatic nitrogens is 2. The van der Waals surface area contributed by atoms with E-state index < -0.39 is 0 Å². The smallest absolute Gasteiger partial charge is 0.120 e.